The van der Waals surface area contributed by atoms with Crippen LogP contribution in [0.25, 0.3) is 10.9 Å². The fraction of sp³-hybridized carbons (Fsp3) is 0.455. The summed E-state index contributed by atoms with van der Waals surface area (Å²) < 4.78 is 5.59. The van der Waals surface area contributed by atoms with Gasteiger partial charge in [0.15, 0.2) is 0 Å². The lowest BCUT2D eigenvalue weighted by molar-refractivity contribution is -0.153. The van der Waals surface area contributed by atoms with Crippen LogP contribution in [0.2, 0.25) is 0 Å². The molecule has 2 aliphatic heterocycles. The van der Waals surface area contributed by atoms with E-state index in [-0.39, 0.29) is 35.6 Å². The minimum Gasteiger partial charge on any atom is -0.461 e. The van der Waals surface area contributed by atoms with Gasteiger partial charge in [-0.1, -0.05) is 44.2 Å². The molecule has 0 aliphatic carbocycles. The van der Waals surface area contributed by atoms with Crippen LogP contribution in [0.15, 0.2) is 48.5 Å². The number of halogens is 1. The number of hydrogen-bond donors (Lipinski definition) is 2. The number of aromatic nitrogens is 1. The van der Waals surface area contributed by atoms with E-state index in [1.807, 2.05) is 50.2 Å². The number of carbonyl (C=O) groups excluding carboxylic acids is 4. The number of amides is 3. The van der Waals surface area contributed by atoms with E-state index in [4.69, 9.17) is 22.1 Å². The minimum absolute atomic E-state index is 0.0112. The van der Waals surface area contributed by atoms with Gasteiger partial charge in [0, 0.05) is 68.6 Å². The maximum atomic E-state index is 13.4. The highest BCUT2D eigenvalue weighted by Gasteiger charge is 2.43. The molecule has 1 fully saturated rings. The Labute approximate surface area is 262 Å². The van der Waals surface area contributed by atoms with Gasteiger partial charge in [-0.15, -0.1) is 11.6 Å². The Bertz CT molecular complexity index is 1540. The van der Waals surface area contributed by atoms with E-state index in [9.17, 15) is 19.2 Å². The van der Waals surface area contributed by atoms with Crippen molar-refractivity contribution < 1.29 is 23.9 Å². The van der Waals surface area contributed by atoms with Gasteiger partial charge in [-0.3, -0.25) is 19.2 Å². The van der Waals surface area contributed by atoms with Crippen LogP contribution >= 0.6 is 11.6 Å². The summed E-state index contributed by atoms with van der Waals surface area (Å²) in [6.07, 6.45) is 1.18. The molecule has 2 aromatic carbocycles. The number of esters is 1. The number of benzene rings is 2. The maximum Gasteiger partial charge on any atom is 0.323 e. The second-order valence-corrected chi connectivity index (χ2v) is 12.4. The zero-order valence-electron chi connectivity index (χ0n) is 25.6. The van der Waals surface area contributed by atoms with Gasteiger partial charge in [-0.25, -0.2) is 0 Å². The first-order chi connectivity index (χ1) is 21.0. The fourth-order valence-corrected chi connectivity index (χ4v) is 6.32. The molecule has 44 heavy (non-hydrogen) atoms. The van der Waals surface area contributed by atoms with Crippen LogP contribution in [-0.2, 0) is 25.5 Å². The summed E-state index contributed by atoms with van der Waals surface area (Å²) in [7, 11) is 3.36. The Balaban J connectivity index is 1.40. The zero-order valence-corrected chi connectivity index (χ0v) is 26.3. The van der Waals surface area contributed by atoms with Crippen LogP contribution in [0.4, 0.5) is 0 Å². The molecule has 3 amide bonds. The van der Waals surface area contributed by atoms with Crippen molar-refractivity contribution in [2.24, 2.45) is 11.7 Å². The third-order valence-corrected chi connectivity index (χ3v) is 8.96. The monoisotopic (exact) mass is 621 g/mol. The van der Waals surface area contributed by atoms with Crippen LogP contribution in [0.3, 0.4) is 0 Å². The van der Waals surface area contributed by atoms with Crippen LogP contribution < -0.4 is 5.73 Å². The van der Waals surface area contributed by atoms with Gasteiger partial charge in [0.2, 0.25) is 11.8 Å². The average Bonchev–Trinajstić information content (AvgIpc) is 3.41. The van der Waals surface area contributed by atoms with Crippen molar-refractivity contribution in [3.8, 4) is 0 Å². The summed E-state index contributed by atoms with van der Waals surface area (Å²) in [6.45, 7) is 4.67. The molecule has 3 aromatic rings. The number of rotatable bonds is 7. The van der Waals surface area contributed by atoms with E-state index in [0.717, 1.165) is 27.7 Å². The SMILES string of the molecule is CC(C)[C@H](N)C(=O)OC1CCN(C(=O)c2ccc([C@H]3c4[nH]c5ccccc5c4C[C@H](C(=O)N(C)C)N3C(=O)CCl)cc2)CC1. The predicted octanol–water partition coefficient (Wildman–Crippen LogP) is 3.47. The number of H-pyrrole nitrogens is 1. The molecule has 0 bridgehead atoms. The fourth-order valence-electron chi connectivity index (χ4n) is 6.19. The van der Waals surface area contributed by atoms with Crippen LogP contribution in [0, 0.1) is 5.92 Å². The third kappa shape index (κ3) is 6.05. The summed E-state index contributed by atoms with van der Waals surface area (Å²) in [5.41, 5.74) is 9.93. The molecule has 2 aliphatic rings. The summed E-state index contributed by atoms with van der Waals surface area (Å²) in [5, 5.41) is 1.01. The number of piperidine rings is 1. The number of carbonyl (C=O) groups is 4. The molecule has 0 radical (unpaired) electrons. The smallest absolute Gasteiger partial charge is 0.323 e. The lowest BCUT2D eigenvalue weighted by atomic mass is 9.87. The molecule has 11 heteroatoms. The van der Waals surface area contributed by atoms with Crippen molar-refractivity contribution in [3.63, 3.8) is 0 Å². The second-order valence-electron chi connectivity index (χ2n) is 12.2. The number of likely N-dealkylation sites (N-methyl/N-ethyl adjacent to an activating group) is 1. The van der Waals surface area contributed by atoms with Crippen molar-refractivity contribution in [3.05, 3.63) is 70.9 Å². The average molecular weight is 622 g/mol. The number of ether oxygens (including phenoxy) is 1. The van der Waals surface area contributed by atoms with Gasteiger partial charge in [-0.2, -0.15) is 0 Å². The first-order valence-corrected chi connectivity index (χ1v) is 15.6. The number of nitrogens with one attached hydrogen (secondary N) is 1. The molecular formula is C33H40ClN5O5. The molecule has 0 spiro atoms. The first kappa shape index (κ1) is 31.5. The molecule has 0 unspecified atom stereocenters. The number of likely N-dealkylation sites (tertiary alicyclic amines) is 1. The summed E-state index contributed by atoms with van der Waals surface area (Å²) in [6, 6.07) is 13.1. The van der Waals surface area contributed by atoms with Crippen molar-refractivity contribution in [2.45, 2.75) is 57.3 Å². The normalized spacial score (nSPS) is 19.5. The van der Waals surface area contributed by atoms with E-state index >= 15 is 0 Å². The Hall–Kier alpha value is -3.89. The van der Waals surface area contributed by atoms with E-state index < -0.39 is 24.1 Å². The lowest BCUT2D eigenvalue weighted by Crippen LogP contribution is -2.54. The highest BCUT2D eigenvalue weighted by molar-refractivity contribution is 6.27. The van der Waals surface area contributed by atoms with Gasteiger partial charge < -0.3 is 30.2 Å². The molecule has 1 saturated heterocycles. The third-order valence-electron chi connectivity index (χ3n) is 8.74. The highest BCUT2D eigenvalue weighted by Crippen LogP contribution is 2.41. The molecule has 5 rings (SSSR count). The van der Waals surface area contributed by atoms with Crippen molar-refractivity contribution in [2.75, 3.05) is 33.1 Å². The van der Waals surface area contributed by atoms with E-state index in [0.29, 0.717) is 37.9 Å². The number of hydrogen-bond acceptors (Lipinski definition) is 6. The first-order valence-electron chi connectivity index (χ1n) is 15.0. The molecule has 3 atom stereocenters. The van der Waals surface area contributed by atoms with E-state index in [1.54, 1.807) is 36.0 Å². The molecule has 3 N–H and O–H groups in total. The van der Waals surface area contributed by atoms with Gasteiger partial charge in [0.05, 0.1) is 6.04 Å². The molecule has 3 heterocycles. The largest absolute Gasteiger partial charge is 0.461 e. The molecular weight excluding hydrogens is 582 g/mol. The Morgan fingerprint density at radius 1 is 1.05 bits per heavy atom. The van der Waals surface area contributed by atoms with Gasteiger partial charge in [-0.05, 0) is 35.2 Å². The Morgan fingerprint density at radius 2 is 1.70 bits per heavy atom. The van der Waals surface area contributed by atoms with Gasteiger partial charge in [0.1, 0.15) is 24.1 Å². The van der Waals surface area contributed by atoms with Gasteiger partial charge in [0.25, 0.3) is 5.91 Å². The van der Waals surface area contributed by atoms with Crippen LogP contribution in [-0.4, -0.2) is 94.6 Å². The summed E-state index contributed by atoms with van der Waals surface area (Å²) in [4.78, 5) is 60.8. The Kier molecular flexibility index (Phi) is 9.31. The molecule has 1 aromatic heterocycles. The number of para-hydroxylation sites is 1. The van der Waals surface area contributed by atoms with Gasteiger partial charge >= 0.3 is 5.97 Å². The summed E-state index contributed by atoms with van der Waals surface area (Å²) in [5.74, 6) is -1.34. The standard InChI is InChI=1S/C33H40ClN5O5/c1-19(2)28(35)33(43)44-22-13-15-38(16-14-22)31(41)21-11-9-20(10-12-21)30-29-24(23-7-5-6-8-25(23)36-29)17-26(32(42)37(3)4)39(30)27(40)18-34/h5-12,19,22,26,28,30,36H,13-18,35H2,1-4H3/t26-,28+,30+/m1/s1. The summed E-state index contributed by atoms with van der Waals surface area (Å²) >= 11 is 6.10. The van der Waals surface area contributed by atoms with Crippen LogP contribution in [0.1, 0.15) is 59.9 Å². The molecule has 0 saturated carbocycles. The number of nitrogens with zero attached hydrogens (tertiary/aromatic N) is 3. The Morgan fingerprint density at radius 3 is 2.32 bits per heavy atom. The molecule has 234 valence electrons. The number of fused-ring (bicyclic) bond motifs is 3. The number of aromatic amines is 1. The maximum absolute atomic E-state index is 13.4. The quantitative estimate of drug-likeness (QED) is 0.307. The van der Waals surface area contributed by atoms with E-state index in [2.05, 4.69) is 4.98 Å². The number of alkyl halides is 1. The number of nitrogens with two attached hydrogens (primary N) is 1. The molecule has 10 nitrogen and oxygen atoms in total. The van der Waals surface area contributed by atoms with Crippen molar-refractivity contribution >= 4 is 46.2 Å². The minimum atomic E-state index is -0.736. The van der Waals surface area contributed by atoms with Crippen LogP contribution in [0.5, 0.6) is 0 Å². The second kappa shape index (κ2) is 13.0. The zero-order chi connectivity index (χ0) is 31.7. The predicted molar refractivity (Wildman–Crippen MR) is 168 cm³/mol. The highest BCUT2D eigenvalue weighted by atomic mass is 35.5. The van der Waals surface area contributed by atoms with Crippen molar-refractivity contribution in [1.29, 1.82) is 0 Å². The lowest BCUT2D eigenvalue weighted by Gasteiger charge is -2.42. The van der Waals surface area contributed by atoms with E-state index in [1.165, 1.54) is 4.90 Å². The topological polar surface area (TPSA) is 129 Å². The van der Waals surface area contributed by atoms with Crippen molar-refractivity contribution in [1.82, 2.24) is 19.7 Å².